The fourth-order valence-corrected chi connectivity index (χ4v) is 4.95. The molecule has 26 heavy (non-hydrogen) atoms. The molecule has 8 heteroatoms. The van der Waals surface area contributed by atoms with E-state index in [1.54, 1.807) is 12.1 Å². The van der Waals surface area contributed by atoms with Crippen molar-refractivity contribution in [2.75, 3.05) is 26.3 Å². The molecular formula is C18H26N2O5S. The molecule has 1 saturated heterocycles. The van der Waals surface area contributed by atoms with Gasteiger partial charge in [0.15, 0.2) is 0 Å². The molecule has 2 fully saturated rings. The van der Waals surface area contributed by atoms with Crippen molar-refractivity contribution < 1.29 is 23.1 Å². The Balaban J connectivity index is 1.75. The van der Waals surface area contributed by atoms with E-state index in [1.807, 2.05) is 0 Å². The average Bonchev–Trinajstić information content (AvgIpc) is 2.87. The van der Waals surface area contributed by atoms with Crippen LogP contribution in [-0.4, -0.2) is 62.2 Å². The number of amides is 1. The summed E-state index contributed by atoms with van der Waals surface area (Å²) in [5.41, 5.74) is 0.336. The lowest BCUT2D eigenvalue weighted by Crippen LogP contribution is -2.38. The number of β-amino-alcohol motifs (C(OH)–C–C–N with tert-alkyl or cyclic N) is 1. The number of sulfonamides is 1. The Kier molecular flexibility index (Phi) is 6.29. The van der Waals surface area contributed by atoms with Crippen LogP contribution in [0.2, 0.25) is 0 Å². The minimum Gasteiger partial charge on any atom is -0.389 e. The normalized spacial score (nSPS) is 23.3. The third-order valence-electron chi connectivity index (χ3n) is 4.88. The van der Waals surface area contributed by atoms with Crippen LogP contribution in [0.1, 0.15) is 42.5 Å². The maximum Gasteiger partial charge on any atom is 0.251 e. The first-order valence-corrected chi connectivity index (χ1v) is 10.6. The molecule has 1 saturated carbocycles. The van der Waals surface area contributed by atoms with Crippen LogP contribution < -0.4 is 5.32 Å². The first-order valence-electron chi connectivity index (χ1n) is 9.14. The number of rotatable bonds is 4. The summed E-state index contributed by atoms with van der Waals surface area (Å²) in [6, 6.07) is 6.25. The van der Waals surface area contributed by atoms with Gasteiger partial charge in [-0.05, 0) is 31.0 Å². The molecule has 0 bridgehead atoms. The van der Waals surface area contributed by atoms with Crippen LogP contribution in [0.15, 0.2) is 29.2 Å². The predicted octanol–water partition coefficient (Wildman–Crippen LogP) is 1.13. The van der Waals surface area contributed by atoms with Gasteiger partial charge in [-0.15, -0.1) is 0 Å². The number of hydrogen-bond acceptors (Lipinski definition) is 5. The highest BCUT2D eigenvalue weighted by molar-refractivity contribution is 7.89. The highest BCUT2D eigenvalue weighted by Gasteiger charge is 2.29. The van der Waals surface area contributed by atoms with Gasteiger partial charge in [-0.1, -0.05) is 25.3 Å². The molecule has 0 aromatic heterocycles. The van der Waals surface area contributed by atoms with Crippen molar-refractivity contribution >= 4 is 15.9 Å². The lowest BCUT2D eigenvalue weighted by atomic mass is 9.95. The summed E-state index contributed by atoms with van der Waals surface area (Å²) in [4.78, 5) is 12.6. The number of aliphatic hydroxyl groups is 1. The molecule has 2 N–H and O–H groups in total. The molecule has 0 spiro atoms. The Morgan fingerprint density at radius 1 is 1.23 bits per heavy atom. The first kappa shape index (κ1) is 19.3. The third-order valence-corrected chi connectivity index (χ3v) is 6.75. The van der Waals surface area contributed by atoms with Crippen LogP contribution in [0.4, 0.5) is 0 Å². The lowest BCUT2D eigenvalue weighted by molar-refractivity contribution is 0.0583. The number of nitrogens with one attached hydrogen (secondary N) is 1. The Morgan fingerprint density at radius 2 is 2.00 bits per heavy atom. The second kappa shape index (κ2) is 8.47. The van der Waals surface area contributed by atoms with Crippen LogP contribution in [0.3, 0.4) is 0 Å². The van der Waals surface area contributed by atoms with E-state index in [-0.39, 0.29) is 43.1 Å². The summed E-state index contributed by atoms with van der Waals surface area (Å²) in [6.45, 7) is 0.521. The molecule has 2 aliphatic rings. The zero-order valence-corrected chi connectivity index (χ0v) is 15.6. The number of carbonyl (C=O) groups is 1. The summed E-state index contributed by atoms with van der Waals surface area (Å²) in [6.07, 6.45) is 4.50. The van der Waals surface area contributed by atoms with Crippen molar-refractivity contribution in [3.05, 3.63) is 29.8 Å². The first-order chi connectivity index (χ1) is 12.5. The summed E-state index contributed by atoms with van der Waals surface area (Å²) in [5.74, 6) is -0.242. The summed E-state index contributed by atoms with van der Waals surface area (Å²) < 4.78 is 32.2. The standard InChI is InChI=1S/C18H26N2O5S/c21-16-12-20(9-10-25-13-16)26(23,24)17-8-4-5-14(11-17)18(22)19-15-6-2-1-3-7-15/h4-5,8,11,15-16,21H,1-3,6-7,9-10,12-13H2,(H,19,22)/t16-/m0/s1. The number of nitrogens with zero attached hydrogens (tertiary/aromatic N) is 1. The average molecular weight is 382 g/mol. The van der Waals surface area contributed by atoms with E-state index >= 15 is 0 Å². The van der Waals surface area contributed by atoms with Crippen LogP contribution >= 0.6 is 0 Å². The zero-order chi connectivity index (χ0) is 18.6. The Labute approximate surface area is 154 Å². The molecule has 1 amide bonds. The van der Waals surface area contributed by atoms with Crippen molar-refractivity contribution in [3.63, 3.8) is 0 Å². The topological polar surface area (TPSA) is 95.9 Å². The van der Waals surface area contributed by atoms with Gasteiger partial charge in [0, 0.05) is 24.7 Å². The Bertz CT molecular complexity index is 731. The van der Waals surface area contributed by atoms with E-state index in [1.165, 1.54) is 22.9 Å². The number of benzene rings is 1. The van der Waals surface area contributed by atoms with E-state index in [4.69, 9.17) is 4.74 Å². The summed E-state index contributed by atoms with van der Waals surface area (Å²) in [5, 5.41) is 12.8. The molecule has 1 heterocycles. The van der Waals surface area contributed by atoms with Crippen LogP contribution in [0.5, 0.6) is 0 Å². The van der Waals surface area contributed by atoms with Crippen LogP contribution in [-0.2, 0) is 14.8 Å². The molecule has 3 rings (SSSR count). The van der Waals surface area contributed by atoms with Crippen molar-refractivity contribution in [3.8, 4) is 0 Å². The van der Waals surface area contributed by atoms with Gasteiger partial charge < -0.3 is 15.2 Å². The largest absolute Gasteiger partial charge is 0.389 e. The van der Waals surface area contributed by atoms with Gasteiger partial charge in [0.25, 0.3) is 5.91 Å². The summed E-state index contributed by atoms with van der Waals surface area (Å²) >= 11 is 0. The van der Waals surface area contributed by atoms with Gasteiger partial charge >= 0.3 is 0 Å². The minimum absolute atomic E-state index is 0.0131. The smallest absolute Gasteiger partial charge is 0.251 e. The van der Waals surface area contributed by atoms with E-state index in [0.29, 0.717) is 5.56 Å². The van der Waals surface area contributed by atoms with Crippen molar-refractivity contribution in [1.29, 1.82) is 0 Å². The third kappa shape index (κ3) is 4.62. The highest BCUT2D eigenvalue weighted by atomic mass is 32.2. The second-order valence-electron chi connectivity index (χ2n) is 6.93. The molecule has 1 aliphatic carbocycles. The maximum atomic E-state index is 12.9. The van der Waals surface area contributed by atoms with E-state index < -0.39 is 16.1 Å². The Hall–Kier alpha value is -1.48. The lowest BCUT2D eigenvalue weighted by Gasteiger charge is -2.23. The zero-order valence-electron chi connectivity index (χ0n) is 14.8. The fraction of sp³-hybridized carbons (Fsp3) is 0.611. The molecule has 144 valence electrons. The number of hydrogen-bond donors (Lipinski definition) is 2. The molecule has 1 aromatic rings. The SMILES string of the molecule is O=C(NC1CCCCC1)c1cccc(S(=O)(=O)N2CCOC[C@@H](O)C2)c1. The maximum absolute atomic E-state index is 12.9. The number of ether oxygens (including phenoxy) is 1. The van der Waals surface area contributed by atoms with E-state index in [0.717, 1.165) is 25.7 Å². The van der Waals surface area contributed by atoms with Gasteiger partial charge in [0.1, 0.15) is 0 Å². The Morgan fingerprint density at radius 3 is 2.77 bits per heavy atom. The van der Waals surface area contributed by atoms with E-state index in [9.17, 15) is 18.3 Å². The number of aliphatic hydroxyl groups excluding tert-OH is 1. The van der Waals surface area contributed by atoms with Crippen molar-refractivity contribution in [2.24, 2.45) is 0 Å². The quantitative estimate of drug-likeness (QED) is 0.814. The molecule has 0 radical (unpaired) electrons. The predicted molar refractivity (Wildman–Crippen MR) is 96.4 cm³/mol. The fourth-order valence-electron chi connectivity index (χ4n) is 3.45. The molecule has 7 nitrogen and oxygen atoms in total. The monoisotopic (exact) mass is 382 g/mol. The summed E-state index contributed by atoms with van der Waals surface area (Å²) in [7, 11) is -3.79. The minimum atomic E-state index is -3.79. The molecule has 1 aromatic carbocycles. The van der Waals surface area contributed by atoms with Gasteiger partial charge in [0.2, 0.25) is 10.0 Å². The van der Waals surface area contributed by atoms with Gasteiger partial charge in [-0.3, -0.25) is 4.79 Å². The molecule has 1 atom stereocenters. The second-order valence-corrected chi connectivity index (χ2v) is 8.87. The van der Waals surface area contributed by atoms with E-state index in [2.05, 4.69) is 5.32 Å². The van der Waals surface area contributed by atoms with Crippen LogP contribution in [0.25, 0.3) is 0 Å². The molecule has 0 unspecified atom stereocenters. The highest BCUT2D eigenvalue weighted by Crippen LogP contribution is 2.20. The van der Waals surface area contributed by atoms with Crippen molar-refractivity contribution in [2.45, 2.75) is 49.1 Å². The van der Waals surface area contributed by atoms with Gasteiger partial charge in [-0.25, -0.2) is 8.42 Å². The van der Waals surface area contributed by atoms with Crippen molar-refractivity contribution in [1.82, 2.24) is 9.62 Å². The van der Waals surface area contributed by atoms with Gasteiger partial charge in [-0.2, -0.15) is 4.31 Å². The molecule has 1 aliphatic heterocycles. The van der Waals surface area contributed by atoms with Gasteiger partial charge in [0.05, 0.1) is 24.2 Å². The van der Waals surface area contributed by atoms with Crippen LogP contribution in [0, 0.1) is 0 Å². The number of carbonyl (C=O) groups excluding carboxylic acids is 1. The molecular weight excluding hydrogens is 356 g/mol.